The van der Waals surface area contributed by atoms with E-state index in [1.54, 1.807) is 29.4 Å². The summed E-state index contributed by atoms with van der Waals surface area (Å²) in [5, 5.41) is 1.67. The molecule has 30 heavy (non-hydrogen) atoms. The van der Waals surface area contributed by atoms with E-state index in [0.29, 0.717) is 24.6 Å². The van der Waals surface area contributed by atoms with Crippen molar-refractivity contribution in [3.63, 3.8) is 0 Å². The zero-order valence-corrected chi connectivity index (χ0v) is 19.6. The van der Waals surface area contributed by atoms with Crippen LogP contribution in [0.25, 0.3) is 0 Å². The highest BCUT2D eigenvalue weighted by molar-refractivity contribution is 8.01. The van der Waals surface area contributed by atoms with Crippen LogP contribution in [0.4, 0.5) is 4.79 Å². The van der Waals surface area contributed by atoms with Crippen molar-refractivity contribution in [2.24, 2.45) is 5.41 Å². The molecular formula is C21H30N2O5S2. The largest absolute Gasteiger partial charge is 0.461 e. The molecule has 2 heterocycles. The zero-order valence-electron chi connectivity index (χ0n) is 18.0. The van der Waals surface area contributed by atoms with Crippen LogP contribution >= 0.6 is 23.1 Å². The van der Waals surface area contributed by atoms with Gasteiger partial charge < -0.3 is 9.47 Å². The highest BCUT2D eigenvalue weighted by Crippen LogP contribution is 2.26. The smallest absolute Gasteiger partial charge is 0.410 e. The number of aromatic nitrogens is 1. The number of carbonyl (C=O) groups is 3. The van der Waals surface area contributed by atoms with Gasteiger partial charge in [-0.05, 0) is 19.4 Å². The van der Waals surface area contributed by atoms with Gasteiger partial charge in [0.15, 0.2) is 15.8 Å². The molecule has 1 aliphatic rings. The summed E-state index contributed by atoms with van der Waals surface area (Å²) in [5.41, 5.74) is -0.104. The van der Waals surface area contributed by atoms with Crippen LogP contribution in [0.5, 0.6) is 0 Å². The summed E-state index contributed by atoms with van der Waals surface area (Å²) in [4.78, 5) is 42.2. The summed E-state index contributed by atoms with van der Waals surface area (Å²) >= 11 is 2.83. The van der Waals surface area contributed by atoms with Gasteiger partial charge in [-0.15, -0.1) is 11.3 Å². The molecule has 0 aliphatic carbocycles. The number of nitrogens with zero attached hydrogens (tertiary/aromatic N) is 2. The maximum atomic E-state index is 12.5. The molecule has 0 bridgehead atoms. The fourth-order valence-electron chi connectivity index (χ4n) is 2.90. The Morgan fingerprint density at radius 3 is 2.90 bits per heavy atom. The number of ketones is 1. The number of unbranched alkanes of at least 4 members (excludes halogenated alkanes) is 1. The van der Waals surface area contributed by atoms with E-state index in [2.05, 4.69) is 11.9 Å². The molecule has 0 saturated carbocycles. The third-order valence-electron chi connectivity index (χ3n) is 4.83. The molecule has 1 aliphatic heterocycles. The van der Waals surface area contributed by atoms with Gasteiger partial charge in [-0.2, -0.15) is 0 Å². The Hall–Kier alpha value is -1.87. The van der Waals surface area contributed by atoms with E-state index in [4.69, 9.17) is 9.47 Å². The molecule has 1 fully saturated rings. The first-order valence-corrected chi connectivity index (χ1v) is 12.1. The second-order valence-corrected chi connectivity index (χ2v) is 9.82. The number of allylic oxidation sites excluding steroid dienone is 1. The number of cyclic esters (lactones) is 1. The number of ether oxygens (including phenoxy) is 2. The van der Waals surface area contributed by atoms with E-state index in [9.17, 15) is 14.4 Å². The third kappa shape index (κ3) is 6.84. The van der Waals surface area contributed by atoms with Gasteiger partial charge >= 0.3 is 12.1 Å². The maximum absolute atomic E-state index is 12.5. The minimum absolute atomic E-state index is 0.0684. The van der Waals surface area contributed by atoms with Crippen LogP contribution in [0.15, 0.2) is 21.9 Å². The van der Waals surface area contributed by atoms with Crippen LogP contribution in [0.1, 0.15) is 57.4 Å². The lowest BCUT2D eigenvalue weighted by atomic mass is 9.82. The first-order valence-electron chi connectivity index (χ1n) is 10.2. The van der Waals surface area contributed by atoms with Crippen LogP contribution < -0.4 is 0 Å². The quantitative estimate of drug-likeness (QED) is 0.260. The van der Waals surface area contributed by atoms with Crippen molar-refractivity contribution in [1.82, 2.24) is 9.88 Å². The van der Waals surface area contributed by atoms with Gasteiger partial charge in [-0.25, -0.2) is 14.6 Å². The number of thiazole rings is 1. The standard InChI is InChI=1S/C21H30N2O5S2/c1-5-7-10-21(3,4)17(24)9-8-15-13-28-20(26)23(15)11-12-29-19-22-16(14-30-19)18(25)27-6-2/h8-9,14-15H,5-7,10-13H2,1-4H3/t15-/m0/s1. The van der Waals surface area contributed by atoms with Crippen molar-refractivity contribution >= 4 is 40.9 Å². The number of carbonyl (C=O) groups excluding carboxylic acids is 3. The van der Waals surface area contributed by atoms with Crippen LogP contribution in [-0.4, -0.2) is 59.3 Å². The van der Waals surface area contributed by atoms with Crippen LogP contribution in [0.2, 0.25) is 0 Å². The Morgan fingerprint density at radius 2 is 2.20 bits per heavy atom. The van der Waals surface area contributed by atoms with Crippen molar-refractivity contribution in [2.75, 3.05) is 25.5 Å². The molecule has 0 N–H and O–H groups in total. The Morgan fingerprint density at radius 1 is 1.43 bits per heavy atom. The second-order valence-electron chi connectivity index (χ2n) is 7.62. The topological polar surface area (TPSA) is 85.8 Å². The number of esters is 1. The van der Waals surface area contributed by atoms with Gasteiger partial charge in [0.1, 0.15) is 6.61 Å². The van der Waals surface area contributed by atoms with Crippen LogP contribution in [-0.2, 0) is 14.3 Å². The molecule has 0 spiro atoms. The Labute approximate surface area is 186 Å². The molecule has 7 nitrogen and oxygen atoms in total. The number of hydrogen-bond acceptors (Lipinski definition) is 8. The molecule has 9 heteroatoms. The summed E-state index contributed by atoms with van der Waals surface area (Å²) in [5.74, 6) is 0.241. The summed E-state index contributed by atoms with van der Waals surface area (Å²) in [6.45, 7) is 8.78. The van der Waals surface area contributed by atoms with Crippen molar-refractivity contribution in [1.29, 1.82) is 0 Å². The Kier molecular flexibility index (Phi) is 9.36. The molecule has 1 saturated heterocycles. The Bertz CT molecular complexity index is 775. The van der Waals surface area contributed by atoms with Gasteiger partial charge in [-0.1, -0.05) is 51.5 Å². The molecular weight excluding hydrogens is 424 g/mol. The fourth-order valence-corrected chi connectivity index (χ4v) is 4.71. The highest BCUT2D eigenvalue weighted by Gasteiger charge is 2.32. The summed E-state index contributed by atoms with van der Waals surface area (Å²) < 4.78 is 10.8. The fraction of sp³-hybridized carbons (Fsp3) is 0.619. The second kappa shape index (κ2) is 11.5. The van der Waals surface area contributed by atoms with E-state index in [1.165, 1.54) is 23.1 Å². The molecule has 1 aromatic rings. The van der Waals surface area contributed by atoms with Gasteiger partial charge in [0.25, 0.3) is 0 Å². The number of rotatable bonds is 12. The lowest BCUT2D eigenvalue weighted by molar-refractivity contribution is -0.122. The summed E-state index contributed by atoms with van der Waals surface area (Å²) in [7, 11) is 0. The van der Waals surface area contributed by atoms with Crippen molar-refractivity contribution in [3.05, 3.63) is 23.2 Å². The molecule has 0 aromatic carbocycles. The summed E-state index contributed by atoms with van der Waals surface area (Å²) in [6, 6.07) is -0.254. The average Bonchev–Trinajstić information content (AvgIpc) is 3.32. The molecule has 2 rings (SSSR count). The third-order valence-corrected chi connectivity index (χ3v) is 6.83. The van der Waals surface area contributed by atoms with E-state index >= 15 is 0 Å². The van der Waals surface area contributed by atoms with Gasteiger partial charge in [0.2, 0.25) is 0 Å². The minimum Gasteiger partial charge on any atom is -0.461 e. The predicted octanol–water partition coefficient (Wildman–Crippen LogP) is 4.57. The van der Waals surface area contributed by atoms with Crippen molar-refractivity contribution in [2.45, 2.75) is 57.3 Å². The number of thioether (sulfide) groups is 1. The molecule has 0 unspecified atom stereocenters. The van der Waals surface area contributed by atoms with E-state index < -0.39 is 11.4 Å². The SMILES string of the molecule is CCCCC(C)(C)C(=O)C=C[C@H]1COC(=O)N1CCSc1nc(C(=O)OCC)cs1. The predicted molar refractivity (Wildman–Crippen MR) is 118 cm³/mol. The van der Waals surface area contributed by atoms with Gasteiger partial charge in [0, 0.05) is 23.1 Å². The number of hydrogen-bond donors (Lipinski definition) is 0. The first kappa shape index (κ1) is 24.4. The normalized spacial score (nSPS) is 16.9. The van der Waals surface area contributed by atoms with Crippen LogP contribution in [0.3, 0.4) is 0 Å². The Balaban J connectivity index is 1.88. The zero-order chi connectivity index (χ0) is 22.1. The van der Waals surface area contributed by atoms with Crippen molar-refractivity contribution in [3.8, 4) is 0 Å². The van der Waals surface area contributed by atoms with E-state index in [-0.39, 0.29) is 24.5 Å². The molecule has 1 aromatic heterocycles. The molecule has 0 radical (unpaired) electrons. The molecule has 1 amide bonds. The lowest BCUT2D eigenvalue weighted by Crippen LogP contribution is -2.34. The van der Waals surface area contributed by atoms with Gasteiger partial charge in [-0.3, -0.25) is 9.69 Å². The van der Waals surface area contributed by atoms with E-state index in [1.807, 2.05) is 13.8 Å². The summed E-state index contributed by atoms with van der Waals surface area (Å²) in [6.07, 6.45) is 5.89. The monoisotopic (exact) mass is 454 g/mol. The number of amides is 1. The van der Waals surface area contributed by atoms with Crippen molar-refractivity contribution < 1.29 is 23.9 Å². The lowest BCUT2D eigenvalue weighted by Gasteiger charge is -2.22. The minimum atomic E-state index is -0.430. The molecule has 166 valence electrons. The highest BCUT2D eigenvalue weighted by atomic mass is 32.2. The van der Waals surface area contributed by atoms with Gasteiger partial charge in [0.05, 0.1) is 12.6 Å². The van der Waals surface area contributed by atoms with Crippen LogP contribution in [0, 0.1) is 5.41 Å². The van der Waals surface area contributed by atoms with E-state index in [0.717, 1.165) is 23.6 Å². The first-order chi connectivity index (χ1) is 14.3. The average molecular weight is 455 g/mol. The molecule has 1 atom stereocenters. The maximum Gasteiger partial charge on any atom is 0.410 e.